The van der Waals surface area contributed by atoms with E-state index in [1.54, 1.807) is 17.6 Å². The Kier molecular flexibility index (Phi) is 5.07. The van der Waals surface area contributed by atoms with Gasteiger partial charge in [0.05, 0.1) is 11.6 Å². The SMILES string of the molecule is CC1CCc2c(sc3nnn(CC(=O)N/N=C/c4cccc5ccccc45)c(=O)c23)C1. The summed E-state index contributed by atoms with van der Waals surface area (Å²) in [7, 11) is 0. The molecule has 2 aromatic heterocycles. The van der Waals surface area contributed by atoms with E-state index in [1.165, 1.54) is 4.88 Å². The van der Waals surface area contributed by atoms with Gasteiger partial charge >= 0.3 is 0 Å². The van der Waals surface area contributed by atoms with Gasteiger partial charge in [-0.1, -0.05) is 54.6 Å². The molecule has 156 valence electrons. The number of amides is 1. The minimum absolute atomic E-state index is 0.227. The number of carbonyl (C=O) groups excluding carboxylic acids is 1. The van der Waals surface area contributed by atoms with Crippen LogP contribution in [0.15, 0.2) is 52.4 Å². The van der Waals surface area contributed by atoms with Crippen molar-refractivity contribution in [3.63, 3.8) is 0 Å². The number of fused-ring (bicyclic) bond motifs is 4. The molecule has 31 heavy (non-hydrogen) atoms. The van der Waals surface area contributed by atoms with Crippen molar-refractivity contribution in [2.24, 2.45) is 11.0 Å². The van der Waals surface area contributed by atoms with Crippen LogP contribution in [0.2, 0.25) is 0 Å². The Hall–Kier alpha value is -3.39. The highest BCUT2D eigenvalue weighted by atomic mass is 32.1. The molecule has 1 aliphatic rings. The summed E-state index contributed by atoms with van der Waals surface area (Å²) in [5.41, 5.74) is 4.21. The molecule has 2 aromatic carbocycles. The predicted molar refractivity (Wildman–Crippen MR) is 123 cm³/mol. The van der Waals surface area contributed by atoms with Crippen molar-refractivity contribution in [2.45, 2.75) is 32.7 Å². The lowest BCUT2D eigenvalue weighted by Gasteiger charge is -2.17. The van der Waals surface area contributed by atoms with Gasteiger partial charge in [0.25, 0.3) is 11.5 Å². The van der Waals surface area contributed by atoms with Crippen molar-refractivity contribution in [2.75, 3.05) is 0 Å². The fourth-order valence-electron chi connectivity index (χ4n) is 4.10. The maximum atomic E-state index is 13.0. The summed E-state index contributed by atoms with van der Waals surface area (Å²) in [6, 6.07) is 13.9. The lowest BCUT2D eigenvalue weighted by atomic mass is 9.89. The quantitative estimate of drug-likeness (QED) is 0.397. The van der Waals surface area contributed by atoms with E-state index in [9.17, 15) is 9.59 Å². The fraction of sp³-hybridized carbons (Fsp3) is 0.261. The number of benzene rings is 2. The summed E-state index contributed by atoms with van der Waals surface area (Å²) in [6.07, 6.45) is 4.51. The van der Waals surface area contributed by atoms with Crippen molar-refractivity contribution >= 4 is 44.4 Å². The number of rotatable bonds is 4. The third-order valence-corrected chi connectivity index (χ3v) is 6.83. The highest BCUT2D eigenvalue weighted by molar-refractivity contribution is 7.18. The van der Waals surface area contributed by atoms with Crippen LogP contribution in [0.4, 0.5) is 0 Å². The number of carbonyl (C=O) groups is 1. The fourth-order valence-corrected chi connectivity index (χ4v) is 5.42. The molecule has 1 aliphatic carbocycles. The molecule has 0 spiro atoms. The van der Waals surface area contributed by atoms with E-state index in [0.29, 0.717) is 16.1 Å². The predicted octanol–water partition coefficient (Wildman–Crippen LogP) is 3.28. The molecule has 0 saturated heterocycles. The molecule has 0 saturated carbocycles. The number of hydrogen-bond acceptors (Lipinski definition) is 6. The van der Waals surface area contributed by atoms with Gasteiger partial charge in [0.15, 0.2) is 4.83 Å². The van der Waals surface area contributed by atoms with Crippen LogP contribution in [0.5, 0.6) is 0 Å². The van der Waals surface area contributed by atoms with Crippen LogP contribution in [-0.4, -0.2) is 27.1 Å². The van der Waals surface area contributed by atoms with E-state index < -0.39 is 5.91 Å². The molecule has 1 unspecified atom stereocenters. The normalized spacial score (nSPS) is 16.1. The van der Waals surface area contributed by atoms with E-state index in [0.717, 1.165) is 45.8 Å². The van der Waals surface area contributed by atoms with Crippen LogP contribution >= 0.6 is 11.3 Å². The molecular formula is C23H21N5O2S. The van der Waals surface area contributed by atoms with Crippen LogP contribution in [0.1, 0.15) is 29.3 Å². The van der Waals surface area contributed by atoms with Gasteiger partial charge in [-0.2, -0.15) is 5.10 Å². The Balaban J connectivity index is 1.34. The van der Waals surface area contributed by atoms with Crippen molar-refractivity contribution in [3.05, 3.63) is 68.8 Å². The first kappa shape index (κ1) is 19.6. The summed E-state index contributed by atoms with van der Waals surface area (Å²) in [6.45, 7) is 2.00. The maximum Gasteiger partial charge on any atom is 0.279 e. The van der Waals surface area contributed by atoms with Crippen LogP contribution in [-0.2, 0) is 24.2 Å². The molecule has 8 heteroatoms. The average molecular weight is 432 g/mol. The lowest BCUT2D eigenvalue weighted by molar-refractivity contribution is -0.121. The number of hydrogen-bond donors (Lipinski definition) is 1. The molecule has 1 atom stereocenters. The first-order valence-corrected chi connectivity index (χ1v) is 11.1. The molecule has 1 amide bonds. The molecule has 0 fully saturated rings. The summed E-state index contributed by atoms with van der Waals surface area (Å²) >= 11 is 1.55. The Morgan fingerprint density at radius 1 is 1.29 bits per heavy atom. The van der Waals surface area contributed by atoms with Crippen LogP contribution in [0, 0.1) is 5.92 Å². The topological polar surface area (TPSA) is 89.2 Å². The molecule has 2 heterocycles. The number of thiophene rings is 1. The van der Waals surface area contributed by atoms with Gasteiger partial charge in [-0.3, -0.25) is 9.59 Å². The van der Waals surface area contributed by atoms with Crippen LogP contribution in [0.3, 0.4) is 0 Å². The van der Waals surface area contributed by atoms with Crippen molar-refractivity contribution in [3.8, 4) is 0 Å². The van der Waals surface area contributed by atoms with Crippen LogP contribution in [0.25, 0.3) is 21.0 Å². The Bertz CT molecular complexity index is 1380. The summed E-state index contributed by atoms with van der Waals surface area (Å²) in [4.78, 5) is 27.2. The highest BCUT2D eigenvalue weighted by Crippen LogP contribution is 2.35. The van der Waals surface area contributed by atoms with Gasteiger partial charge in [0, 0.05) is 10.4 Å². The van der Waals surface area contributed by atoms with E-state index in [4.69, 9.17) is 0 Å². The second-order valence-corrected chi connectivity index (χ2v) is 9.03. The minimum Gasteiger partial charge on any atom is -0.271 e. The van der Waals surface area contributed by atoms with Crippen LogP contribution < -0.4 is 11.0 Å². The zero-order valence-electron chi connectivity index (χ0n) is 17.0. The number of hydrazone groups is 1. The van der Waals surface area contributed by atoms with E-state index in [2.05, 4.69) is 27.8 Å². The first-order chi connectivity index (χ1) is 15.1. The third-order valence-electron chi connectivity index (χ3n) is 5.69. The van der Waals surface area contributed by atoms with Gasteiger partial charge < -0.3 is 0 Å². The summed E-state index contributed by atoms with van der Waals surface area (Å²) in [5, 5.41) is 15.0. The Morgan fingerprint density at radius 2 is 2.13 bits per heavy atom. The van der Waals surface area contributed by atoms with Crippen molar-refractivity contribution in [1.29, 1.82) is 0 Å². The molecule has 7 nitrogen and oxygen atoms in total. The minimum atomic E-state index is -0.426. The maximum absolute atomic E-state index is 13.0. The molecule has 4 aromatic rings. The standard InChI is InChI=1S/C23H21N5O2S/c1-14-9-10-18-19(11-14)31-22-21(18)23(30)28(27-26-22)13-20(29)25-24-12-16-7-4-6-15-5-2-3-8-17(15)16/h2-8,12,14H,9-11,13H2,1H3,(H,25,29)/b24-12+. The number of nitrogens with one attached hydrogen (secondary N) is 1. The average Bonchev–Trinajstić information content (AvgIpc) is 3.14. The molecule has 0 bridgehead atoms. The summed E-state index contributed by atoms with van der Waals surface area (Å²) in [5.74, 6) is 0.186. The number of nitrogens with zero attached hydrogens (tertiary/aromatic N) is 4. The van der Waals surface area contributed by atoms with Crippen molar-refractivity contribution in [1.82, 2.24) is 20.4 Å². The van der Waals surface area contributed by atoms with Gasteiger partial charge in [-0.15, -0.1) is 16.4 Å². The highest BCUT2D eigenvalue weighted by Gasteiger charge is 2.24. The van der Waals surface area contributed by atoms with Gasteiger partial charge in [-0.25, -0.2) is 10.1 Å². The Labute approximate surface area is 182 Å². The van der Waals surface area contributed by atoms with E-state index in [-0.39, 0.29) is 12.1 Å². The molecule has 0 radical (unpaired) electrons. The third kappa shape index (κ3) is 3.74. The molecule has 5 rings (SSSR count). The van der Waals surface area contributed by atoms with E-state index in [1.807, 2.05) is 42.5 Å². The number of aromatic nitrogens is 3. The second-order valence-electron chi connectivity index (χ2n) is 7.95. The Morgan fingerprint density at radius 3 is 3.03 bits per heavy atom. The lowest BCUT2D eigenvalue weighted by Crippen LogP contribution is -2.32. The van der Waals surface area contributed by atoms with E-state index >= 15 is 0 Å². The second kappa shape index (κ2) is 8.03. The monoisotopic (exact) mass is 431 g/mol. The van der Waals surface area contributed by atoms with Gasteiger partial charge in [-0.05, 0) is 41.5 Å². The molecule has 1 N–H and O–H groups in total. The smallest absolute Gasteiger partial charge is 0.271 e. The van der Waals surface area contributed by atoms with Gasteiger partial charge in [0.1, 0.15) is 6.54 Å². The first-order valence-electron chi connectivity index (χ1n) is 10.3. The molecule has 0 aliphatic heterocycles. The summed E-state index contributed by atoms with van der Waals surface area (Å²) < 4.78 is 1.12. The zero-order valence-corrected chi connectivity index (χ0v) is 17.9. The number of aryl methyl sites for hydroxylation is 1. The molecular weight excluding hydrogens is 410 g/mol. The zero-order chi connectivity index (χ0) is 21.4. The van der Waals surface area contributed by atoms with Crippen molar-refractivity contribution < 1.29 is 4.79 Å². The van der Waals surface area contributed by atoms with Gasteiger partial charge in [0.2, 0.25) is 0 Å². The largest absolute Gasteiger partial charge is 0.279 e.